The van der Waals surface area contributed by atoms with E-state index in [1.807, 2.05) is 72.8 Å². The molecule has 0 bridgehead atoms. The van der Waals surface area contributed by atoms with Crippen molar-refractivity contribution < 1.29 is 9.90 Å². The molecule has 3 aromatic carbocycles. The zero-order chi connectivity index (χ0) is 27.1. The van der Waals surface area contributed by atoms with Crippen molar-refractivity contribution >= 4 is 28.4 Å². The molecular formula is C32H26N6O2. The molecule has 2 amide bonds. The maximum Gasteiger partial charge on any atom is 0.319 e. The number of amides is 2. The molecule has 6 aromatic rings. The first kappa shape index (κ1) is 23.8. The van der Waals surface area contributed by atoms with E-state index in [0.717, 1.165) is 63.9 Å². The van der Waals surface area contributed by atoms with E-state index in [9.17, 15) is 9.90 Å². The monoisotopic (exact) mass is 526 g/mol. The van der Waals surface area contributed by atoms with Gasteiger partial charge in [-0.15, -0.1) is 5.10 Å². The van der Waals surface area contributed by atoms with Crippen LogP contribution in [-0.2, 0) is 5.54 Å². The second kappa shape index (κ2) is 9.50. The van der Waals surface area contributed by atoms with Crippen molar-refractivity contribution in [3.8, 4) is 28.4 Å². The molecule has 8 heteroatoms. The van der Waals surface area contributed by atoms with Crippen LogP contribution in [0.25, 0.3) is 39.1 Å². The van der Waals surface area contributed by atoms with E-state index < -0.39 is 5.54 Å². The molecule has 1 aliphatic rings. The third-order valence-electron chi connectivity index (χ3n) is 7.72. The van der Waals surface area contributed by atoms with Crippen LogP contribution in [0, 0.1) is 0 Å². The average molecular weight is 527 g/mol. The Morgan fingerprint density at radius 1 is 0.825 bits per heavy atom. The molecule has 8 nitrogen and oxygen atoms in total. The summed E-state index contributed by atoms with van der Waals surface area (Å²) in [4.78, 5) is 17.9. The van der Waals surface area contributed by atoms with Crippen molar-refractivity contribution in [2.24, 2.45) is 0 Å². The summed E-state index contributed by atoms with van der Waals surface area (Å²) in [6, 6.07) is 33.2. The maximum absolute atomic E-state index is 12.8. The lowest BCUT2D eigenvalue weighted by Gasteiger charge is -2.43. The molecule has 3 N–H and O–H groups in total. The Kier molecular flexibility index (Phi) is 5.66. The molecule has 0 radical (unpaired) electrons. The molecule has 7 rings (SSSR count). The SMILES string of the molecule is O=C(Nc1ccccc1)NC1(c2ccc(-c3nc4ccc5nnc(O)n5c4cc3-c3ccccc3)cc2)CCC1. The Bertz CT molecular complexity index is 1850. The lowest BCUT2D eigenvalue weighted by atomic mass is 9.71. The molecule has 0 aliphatic heterocycles. The fraction of sp³-hybridized carbons (Fsp3) is 0.125. The highest BCUT2D eigenvalue weighted by molar-refractivity contribution is 5.92. The van der Waals surface area contributed by atoms with Gasteiger partial charge in [-0.1, -0.05) is 77.9 Å². The second-order valence-electron chi connectivity index (χ2n) is 10.1. The van der Waals surface area contributed by atoms with E-state index in [4.69, 9.17) is 4.98 Å². The maximum atomic E-state index is 12.8. The largest absolute Gasteiger partial charge is 0.479 e. The number of para-hydroxylation sites is 1. The molecule has 196 valence electrons. The van der Waals surface area contributed by atoms with Crippen LogP contribution in [0.5, 0.6) is 6.01 Å². The van der Waals surface area contributed by atoms with Gasteiger partial charge in [0.1, 0.15) is 0 Å². The van der Waals surface area contributed by atoms with Gasteiger partial charge in [0.25, 0.3) is 0 Å². The van der Waals surface area contributed by atoms with Crippen molar-refractivity contribution in [3.05, 3.63) is 109 Å². The molecule has 3 aromatic heterocycles. The number of carbonyl (C=O) groups excluding carboxylic acids is 1. The van der Waals surface area contributed by atoms with Crippen LogP contribution in [0.3, 0.4) is 0 Å². The van der Waals surface area contributed by atoms with E-state index in [1.165, 1.54) is 0 Å². The van der Waals surface area contributed by atoms with Crippen LogP contribution in [-0.4, -0.2) is 30.7 Å². The van der Waals surface area contributed by atoms with Gasteiger partial charge in [0.15, 0.2) is 5.65 Å². The molecule has 1 fully saturated rings. The number of fused-ring (bicyclic) bond motifs is 3. The van der Waals surface area contributed by atoms with Gasteiger partial charge in [0.05, 0.1) is 22.3 Å². The van der Waals surface area contributed by atoms with Crippen LogP contribution < -0.4 is 10.6 Å². The third-order valence-corrected chi connectivity index (χ3v) is 7.72. The summed E-state index contributed by atoms with van der Waals surface area (Å²) in [7, 11) is 0. The van der Waals surface area contributed by atoms with Crippen LogP contribution in [0.2, 0.25) is 0 Å². The zero-order valence-electron chi connectivity index (χ0n) is 21.6. The number of nitrogens with one attached hydrogen (secondary N) is 2. The minimum Gasteiger partial charge on any atom is -0.479 e. The standard InChI is InChI=1S/C32H26N6O2/c39-30(33-24-10-5-2-6-11-24)35-32(18-7-19-32)23-14-12-22(13-15-23)29-25(21-8-3-1-4-9-21)20-27-26(34-29)16-17-28-36-37-31(40)38(27)28/h1-6,8-17,20H,7,18-19H2,(H,37,40)(H2,33,35,39). The Balaban J connectivity index is 1.26. The van der Waals surface area contributed by atoms with Crippen LogP contribution in [0.1, 0.15) is 24.8 Å². The first-order valence-corrected chi connectivity index (χ1v) is 13.3. The summed E-state index contributed by atoms with van der Waals surface area (Å²) in [6.07, 6.45) is 2.83. The first-order valence-electron chi connectivity index (χ1n) is 13.3. The number of hydrogen-bond acceptors (Lipinski definition) is 5. The van der Waals surface area contributed by atoms with Gasteiger partial charge in [-0.2, -0.15) is 0 Å². The van der Waals surface area contributed by atoms with Gasteiger partial charge in [-0.05, 0) is 60.7 Å². The van der Waals surface area contributed by atoms with Crippen molar-refractivity contribution in [1.29, 1.82) is 0 Å². The van der Waals surface area contributed by atoms with E-state index >= 15 is 0 Å². The van der Waals surface area contributed by atoms with E-state index in [-0.39, 0.29) is 12.0 Å². The Labute approximate surface area is 230 Å². The lowest BCUT2D eigenvalue weighted by Crippen LogP contribution is -2.52. The van der Waals surface area contributed by atoms with Crippen molar-refractivity contribution in [1.82, 2.24) is 24.9 Å². The number of aromatic nitrogens is 4. The number of anilines is 1. The van der Waals surface area contributed by atoms with Crippen LogP contribution >= 0.6 is 0 Å². The van der Waals surface area contributed by atoms with Gasteiger partial charge in [-0.25, -0.2) is 14.2 Å². The minimum absolute atomic E-state index is 0.173. The first-order chi connectivity index (χ1) is 19.6. The number of rotatable bonds is 5. The Morgan fingerprint density at radius 2 is 1.55 bits per heavy atom. The minimum atomic E-state index is -0.395. The predicted octanol–water partition coefficient (Wildman–Crippen LogP) is 6.52. The number of benzene rings is 3. The molecule has 0 spiro atoms. The normalized spacial score (nSPS) is 14.1. The molecule has 0 unspecified atom stereocenters. The molecule has 0 atom stereocenters. The molecule has 1 aliphatic carbocycles. The summed E-state index contributed by atoms with van der Waals surface area (Å²) < 4.78 is 1.61. The summed E-state index contributed by atoms with van der Waals surface area (Å²) in [5.41, 5.74) is 7.16. The Morgan fingerprint density at radius 3 is 2.25 bits per heavy atom. The fourth-order valence-electron chi connectivity index (χ4n) is 5.52. The van der Waals surface area contributed by atoms with Gasteiger partial charge in [-0.3, -0.25) is 0 Å². The smallest absolute Gasteiger partial charge is 0.319 e. The number of urea groups is 1. The number of pyridine rings is 2. The Hall–Kier alpha value is -5.24. The quantitative estimate of drug-likeness (QED) is 0.237. The molecule has 3 heterocycles. The van der Waals surface area contributed by atoms with E-state index in [2.05, 4.69) is 45.1 Å². The summed E-state index contributed by atoms with van der Waals surface area (Å²) >= 11 is 0. The second-order valence-corrected chi connectivity index (χ2v) is 10.1. The number of aromatic hydroxyl groups is 1. The topological polar surface area (TPSA) is 104 Å². The average Bonchev–Trinajstić information content (AvgIpc) is 3.36. The molecule has 1 saturated carbocycles. The van der Waals surface area contributed by atoms with Crippen molar-refractivity contribution in [2.75, 3.05) is 5.32 Å². The highest BCUT2D eigenvalue weighted by atomic mass is 16.3. The van der Waals surface area contributed by atoms with E-state index in [1.54, 1.807) is 10.5 Å². The summed E-state index contributed by atoms with van der Waals surface area (Å²) in [6.45, 7) is 0. The highest BCUT2D eigenvalue weighted by Crippen LogP contribution is 2.42. The number of nitrogens with zero attached hydrogens (tertiary/aromatic N) is 4. The van der Waals surface area contributed by atoms with Crippen LogP contribution in [0.4, 0.5) is 10.5 Å². The molecular weight excluding hydrogens is 500 g/mol. The number of hydrogen-bond donors (Lipinski definition) is 3. The fourth-order valence-corrected chi connectivity index (χ4v) is 5.52. The van der Waals surface area contributed by atoms with Crippen LogP contribution in [0.15, 0.2) is 103 Å². The third kappa shape index (κ3) is 4.10. The molecule has 40 heavy (non-hydrogen) atoms. The van der Waals surface area contributed by atoms with Gasteiger partial charge in [0.2, 0.25) is 0 Å². The lowest BCUT2D eigenvalue weighted by molar-refractivity contribution is 0.185. The zero-order valence-corrected chi connectivity index (χ0v) is 21.6. The predicted molar refractivity (Wildman–Crippen MR) is 155 cm³/mol. The molecule has 0 saturated heterocycles. The summed E-state index contributed by atoms with van der Waals surface area (Å²) in [5, 5.41) is 24.4. The van der Waals surface area contributed by atoms with Crippen molar-refractivity contribution in [3.63, 3.8) is 0 Å². The van der Waals surface area contributed by atoms with Gasteiger partial charge >= 0.3 is 12.0 Å². The number of carbonyl (C=O) groups is 1. The summed E-state index contributed by atoms with van der Waals surface area (Å²) in [5.74, 6) is 0. The highest BCUT2D eigenvalue weighted by Gasteiger charge is 2.40. The van der Waals surface area contributed by atoms with Gasteiger partial charge in [0, 0.05) is 16.8 Å². The van der Waals surface area contributed by atoms with E-state index in [0.29, 0.717) is 5.65 Å². The van der Waals surface area contributed by atoms with Crippen molar-refractivity contribution in [2.45, 2.75) is 24.8 Å². The van der Waals surface area contributed by atoms with Gasteiger partial charge < -0.3 is 15.7 Å².